The summed E-state index contributed by atoms with van der Waals surface area (Å²) in [6.45, 7) is 4.00. The number of nitrogens with one attached hydrogen (secondary N) is 1. The molecule has 2 aliphatic heterocycles. The van der Waals surface area contributed by atoms with Crippen LogP contribution in [0.1, 0.15) is 28.8 Å². The Kier molecular flexibility index (Phi) is 2.96. The van der Waals surface area contributed by atoms with E-state index >= 15 is 0 Å². The Labute approximate surface area is 106 Å². The number of benzene rings is 1. The van der Waals surface area contributed by atoms with Gasteiger partial charge < -0.3 is 14.8 Å². The highest BCUT2D eigenvalue weighted by Gasteiger charge is 2.25. The maximum absolute atomic E-state index is 12.5. The molecule has 1 saturated heterocycles. The van der Waals surface area contributed by atoms with Crippen LogP contribution in [0.5, 0.6) is 11.5 Å². The third kappa shape index (κ3) is 1.97. The topological polar surface area (TPSA) is 47.6 Å². The van der Waals surface area contributed by atoms with Crippen LogP contribution >= 0.6 is 0 Å². The van der Waals surface area contributed by atoms with Crippen molar-refractivity contribution in [3.63, 3.8) is 0 Å². The average molecular weight is 247 g/mol. The molecule has 2 heterocycles. The van der Waals surface area contributed by atoms with Crippen LogP contribution in [0.25, 0.3) is 0 Å². The highest BCUT2D eigenvalue weighted by molar-refractivity contribution is 6.00. The van der Waals surface area contributed by atoms with Crippen LogP contribution in [-0.2, 0) is 0 Å². The molecule has 1 fully saturated rings. The standard InChI is InChI=1S/C14H17NO3/c1-9-5-12-13(18-8-17-12)6-11(9)14(16)10-3-2-4-15-7-10/h5-6,10,15H,2-4,7-8H2,1H3. The van der Waals surface area contributed by atoms with E-state index < -0.39 is 0 Å². The predicted molar refractivity (Wildman–Crippen MR) is 67.2 cm³/mol. The van der Waals surface area contributed by atoms with Crippen LogP contribution in [0.3, 0.4) is 0 Å². The lowest BCUT2D eigenvalue weighted by atomic mass is 9.89. The highest BCUT2D eigenvalue weighted by atomic mass is 16.7. The van der Waals surface area contributed by atoms with Crippen LogP contribution < -0.4 is 14.8 Å². The second-order valence-electron chi connectivity index (χ2n) is 4.93. The van der Waals surface area contributed by atoms with Gasteiger partial charge in [-0.05, 0) is 44.0 Å². The van der Waals surface area contributed by atoms with Crippen molar-refractivity contribution in [2.24, 2.45) is 5.92 Å². The highest BCUT2D eigenvalue weighted by Crippen LogP contribution is 2.35. The average Bonchev–Trinajstić information content (AvgIpc) is 2.85. The van der Waals surface area contributed by atoms with Gasteiger partial charge in [-0.25, -0.2) is 0 Å². The monoisotopic (exact) mass is 247 g/mol. The van der Waals surface area contributed by atoms with Crippen LogP contribution in [-0.4, -0.2) is 25.7 Å². The van der Waals surface area contributed by atoms with Gasteiger partial charge in [0.05, 0.1) is 0 Å². The Hall–Kier alpha value is -1.55. The van der Waals surface area contributed by atoms with E-state index in [-0.39, 0.29) is 18.5 Å². The zero-order valence-electron chi connectivity index (χ0n) is 10.5. The van der Waals surface area contributed by atoms with Crippen molar-refractivity contribution in [1.82, 2.24) is 5.32 Å². The van der Waals surface area contributed by atoms with E-state index in [4.69, 9.17) is 9.47 Å². The smallest absolute Gasteiger partial charge is 0.231 e. The molecule has 0 saturated carbocycles. The maximum atomic E-state index is 12.5. The van der Waals surface area contributed by atoms with Gasteiger partial charge in [-0.1, -0.05) is 0 Å². The number of ether oxygens (including phenoxy) is 2. The van der Waals surface area contributed by atoms with Crippen molar-refractivity contribution in [1.29, 1.82) is 0 Å². The van der Waals surface area contributed by atoms with Crippen LogP contribution in [0.2, 0.25) is 0 Å². The lowest BCUT2D eigenvalue weighted by Gasteiger charge is -2.22. The summed E-state index contributed by atoms with van der Waals surface area (Å²) in [5, 5.41) is 3.28. The number of hydrogen-bond acceptors (Lipinski definition) is 4. The zero-order chi connectivity index (χ0) is 12.5. The molecule has 96 valence electrons. The molecule has 1 aromatic rings. The number of carbonyl (C=O) groups is 1. The summed E-state index contributed by atoms with van der Waals surface area (Å²) in [4.78, 5) is 12.5. The summed E-state index contributed by atoms with van der Waals surface area (Å²) >= 11 is 0. The third-order valence-corrected chi connectivity index (χ3v) is 3.65. The Morgan fingerprint density at radius 1 is 1.33 bits per heavy atom. The van der Waals surface area contributed by atoms with Crippen LogP contribution in [0.15, 0.2) is 12.1 Å². The molecule has 4 heteroatoms. The Morgan fingerprint density at radius 3 is 2.83 bits per heavy atom. The molecule has 2 aliphatic rings. The molecule has 0 radical (unpaired) electrons. The number of ketones is 1. The lowest BCUT2D eigenvalue weighted by Crippen LogP contribution is -2.34. The second kappa shape index (κ2) is 4.61. The molecule has 1 atom stereocenters. The lowest BCUT2D eigenvalue weighted by molar-refractivity contribution is 0.0898. The largest absolute Gasteiger partial charge is 0.454 e. The molecule has 0 aromatic heterocycles. The Bertz CT molecular complexity index is 478. The summed E-state index contributed by atoms with van der Waals surface area (Å²) in [6.07, 6.45) is 2.04. The van der Waals surface area contributed by atoms with Gasteiger partial charge in [0, 0.05) is 18.0 Å². The molecule has 0 bridgehead atoms. The number of hydrogen-bond donors (Lipinski definition) is 1. The molecule has 0 amide bonds. The minimum Gasteiger partial charge on any atom is -0.454 e. The van der Waals surface area contributed by atoms with Gasteiger partial charge in [0.25, 0.3) is 0 Å². The Morgan fingerprint density at radius 2 is 2.11 bits per heavy atom. The van der Waals surface area contributed by atoms with Crippen LogP contribution in [0, 0.1) is 12.8 Å². The first kappa shape index (κ1) is 11.5. The normalized spacial score (nSPS) is 21.9. The van der Waals surface area contributed by atoms with Gasteiger partial charge in [-0.2, -0.15) is 0 Å². The molecular weight excluding hydrogens is 230 g/mol. The van der Waals surface area contributed by atoms with Crippen molar-refractivity contribution in [3.8, 4) is 11.5 Å². The van der Waals surface area contributed by atoms with Crippen LogP contribution in [0.4, 0.5) is 0 Å². The van der Waals surface area contributed by atoms with Crippen molar-refractivity contribution in [3.05, 3.63) is 23.3 Å². The zero-order valence-corrected chi connectivity index (χ0v) is 10.5. The van der Waals surface area contributed by atoms with Crippen molar-refractivity contribution >= 4 is 5.78 Å². The first-order chi connectivity index (χ1) is 8.75. The van der Waals surface area contributed by atoms with Gasteiger partial charge in [0.15, 0.2) is 17.3 Å². The van der Waals surface area contributed by atoms with E-state index in [1.165, 1.54) is 0 Å². The number of rotatable bonds is 2. The number of Topliss-reactive ketones (excluding diaryl/α,β-unsaturated/α-hetero) is 1. The molecule has 3 rings (SSSR count). The van der Waals surface area contributed by atoms with Gasteiger partial charge in [-0.15, -0.1) is 0 Å². The molecule has 1 aromatic carbocycles. The maximum Gasteiger partial charge on any atom is 0.231 e. The molecule has 0 spiro atoms. The van der Waals surface area contributed by atoms with Gasteiger partial charge in [0.2, 0.25) is 6.79 Å². The number of piperidine rings is 1. The summed E-state index contributed by atoms with van der Waals surface area (Å²) in [5.41, 5.74) is 1.74. The second-order valence-corrected chi connectivity index (χ2v) is 4.93. The summed E-state index contributed by atoms with van der Waals surface area (Å²) in [6, 6.07) is 3.72. The van der Waals surface area contributed by atoms with E-state index in [0.29, 0.717) is 5.75 Å². The molecule has 4 nitrogen and oxygen atoms in total. The number of fused-ring (bicyclic) bond motifs is 1. The SMILES string of the molecule is Cc1cc2c(cc1C(=O)C1CCCNC1)OCO2. The predicted octanol–water partition coefficient (Wildman–Crippen LogP) is 1.91. The number of carbonyl (C=O) groups excluding carboxylic acids is 1. The van der Waals surface area contributed by atoms with Crippen molar-refractivity contribution < 1.29 is 14.3 Å². The molecule has 1 N–H and O–H groups in total. The quantitative estimate of drug-likeness (QED) is 0.811. The summed E-state index contributed by atoms with van der Waals surface area (Å²) in [7, 11) is 0. The summed E-state index contributed by atoms with van der Waals surface area (Å²) in [5.74, 6) is 1.74. The van der Waals surface area contributed by atoms with E-state index in [2.05, 4.69) is 5.32 Å². The van der Waals surface area contributed by atoms with E-state index in [0.717, 1.165) is 42.8 Å². The van der Waals surface area contributed by atoms with E-state index in [1.807, 2.05) is 19.1 Å². The third-order valence-electron chi connectivity index (χ3n) is 3.65. The van der Waals surface area contributed by atoms with Gasteiger partial charge in [0.1, 0.15) is 0 Å². The first-order valence-electron chi connectivity index (χ1n) is 6.41. The summed E-state index contributed by atoms with van der Waals surface area (Å²) < 4.78 is 10.7. The van der Waals surface area contributed by atoms with Gasteiger partial charge >= 0.3 is 0 Å². The fourth-order valence-corrected chi connectivity index (χ4v) is 2.60. The molecule has 0 aliphatic carbocycles. The fraction of sp³-hybridized carbons (Fsp3) is 0.500. The molecular formula is C14H17NO3. The van der Waals surface area contributed by atoms with E-state index in [1.54, 1.807) is 0 Å². The molecule has 1 unspecified atom stereocenters. The van der Waals surface area contributed by atoms with E-state index in [9.17, 15) is 4.79 Å². The van der Waals surface area contributed by atoms with Gasteiger partial charge in [-0.3, -0.25) is 4.79 Å². The van der Waals surface area contributed by atoms with Crippen molar-refractivity contribution in [2.45, 2.75) is 19.8 Å². The van der Waals surface area contributed by atoms with Crippen molar-refractivity contribution in [2.75, 3.05) is 19.9 Å². The minimum atomic E-state index is 0.0952. The minimum absolute atomic E-state index is 0.0952. The first-order valence-corrected chi connectivity index (χ1v) is 6.41. The Balaban J connectivity index is 1.89. The fourth-order valence-electron chi connectivity index (χ4n) is 2.60. The number of aryl methyl sites for hydroxylation is 1. The molecule has 18 heavy (non-hydrogen) atoms.